The zero-order valence-corrected chi connectivity index (χ0v) is 17.2. The Balaban J connectivity index is 2.09. The van der Waals surface area contributed by atoms with Crippen molar-refractivity contribution >= 4 is 34.9 Å². The predicted octanol–water partition coefficient (Wildman–Crippen LogP) is 4.25. The summed E-state index contributed by atoms with van der Waals surface area (Å²) in [6.07, 6.45) is 2.08. The summed E-state index contributed by atoms with van der Waals surface area (Å²) in [5, 5.41) is 2.60. The van der Waals surface area contributed by atoms with Crippen LogP contribution in [0.4, 0.5) is 11.4 Å². The largest absolute Gasteiger partial charge is 0.372 e. The van der Waals surface area contributed by atoms with E-state index in [0.29, 0.717) is 5.56 Å². The van der Waals surface area contributed by atoms with Crippen molar-refractivity contribution < 1.29 is 9.59 Å². The fourth-order valence-corrected chi connectivity index (χ4v) is 3.76. The van der Waals surface area contributed by atoms with Gasteiger partial charge in [0.05, 0.1) is 11.4 Å². The van der Waals surface area contributed by atoms with E-state index in [0.717, 1.165) is 41.3 Å². The molecule has 5 heteroatoms. The Labute approximate surface area is 172 Å². The summed E-state index contributed by atoms with van der Waals surface area (Å²) in [5.41, 5.74) is 4.91. The lowest BCUT2D eigenvalue weighted by molar-refractivity contribution is -0.122. The van der Waals surface area contributed by atoms with Crippen LogP contribution in [0.2, 0.25) is 0 Å². The van der Waals surface area contributed by atoms with Crippen molar-refractivity contribution in [2.45, 2.75) is 20.3 Å². The second kappa shape index (κ2) is 8.86. The molecule has 1 atom stereocenters. The number of Topliss-reactive ketones (excluding diaryl/α,β-unsaturated/α-hetero) is 1. The monoisotopic (exact) mass is 389 g/mol. The molecule has 2 aromatic rings. The van der Waals surface area contributed by atoms with Crippen molar-refractivity contribution in [3.8, 4) is 0 Å². The molecule has 1 aliphatic carbocycles. The first-order valence-corrected chi connectivity index (χ1v) is 9.98. The highest BCUT2D eigenvalue weighted by Crippen LogP contribution is 2.31. The number of nitrogens with zero attached hydrogens (tertiary/aromatic N) is 2. The van der Waals surface area contributed by atoms with Gasteiger partial charge in [0, 0.05) is 48.9 Å². The molecule has 0 fully saturated rings. The van der Waals surface area contributed by atoms with Gasteiger partial charge in [0.1, 0.15) is 5.92 Å². The molecule has 0 saturated heterocycles. The molecule has 5 nitrogen and oxygen atoms in total. The minimum atomic E-state index is -0.754. The third kappa shape index (κ3) is 3.99. The number of hydrogen-bond donors (Lipinski definition) is 1. The Bertz CT molecular complexity index is 974. The standard InChI is InChI=1S/C24H27N3O2/c1-5-16-14-17(27(6-2)7-3)12-13-21(16)26-22-15-20(24(29)25-4)23(28)19-11-9-8-10-18(19)22/h5,8-14,20H,1,6-7,15H2,2-4H3,(H,25,29). The minimum Gasteiger partial charge on any atom is -0.372 e. The summed E-state index contributed by atoms with van der Waals surface area (Å²) in [4.78, 5) is 32.2. The molecule has 1 amide bonds. The molecular weight excluding hydrogens is 362 g/mol. The van der Waals surface area contributed by atoms with Crippen LogP contribution < -0.4 is 10.2 Å². The number of aliphatic imine (C=N–C) groups is 1. The average Bonchev–Trinajstić information content (AvgIpc) is 2.76. The molecule has 0 aromatic heterocycles. The van der Waals surface area contributed by atoms with E-state index >= 15 is 0 Å². The molecule has 1 aliphatic rings. The van der Waals surface area contributed by atoms with E-state index < -0.39 is 5.92 Å². The maximum atomic E-state index is 12.8. The molecule has 0 aliphatic heterocycles. The Hall–Kier alpha value is -3.21. The van der Waals surface area contributed by atoms with Crippen molar-refractivity contribution in [3.05, 3.63) is 65.7 Å². The number of carbonyl (C=O) groups excluding carboxylic acids is 2. The molecule has 1 unspecified atom stereocenters. The number of carbonyl (C=O) groups is 2. The smallest absolute Gasteiger partial charge is 0.231 e. The van der Waals surface area contributed by atoms with Crippen LogP contribution in [0, 0.1) is 5.92 Å². The molecule has 0 saturated carbocycles. The molecule has 0 bridgehead atoms. The quantitative estimate of drug-likeness (QED) is 0.752. The van der Waals surface area contributed by atoms with E-state index in [1.54, 1.807) is 19.2 Å². The van der Waals surface area contributed by atoms with Gasteiger partial charge in [-0.05, 0) is 32.0 Å². The van der Waals surface area contributed by atoms with Gasteiger partial charge in [0.25, 0.3) is 0 Å². The van der Waals surface area contributed by atoms with E-state index in [1.165, 1.54) is 0 Å². The third-order valence-electron chi connectivity index (χ3n) is 5.40. The van der Waals surface area contributed by atoms with E-state index in [-0.39, 0.29) is 18.1 Å². The van der Waals surface area contributed by atoms with Crippen LogP contribution >= 0.6 is 0 Å². The van der Waals surface area contributed by atoms with Gasteiger partial charge in [-0.15, -0.1) is 0 Å². The summed E-state index contributed by atoms with van der Waals surface area (Å²) in [7, 11) is 1.55. The van der Waals surface area contributed by atoms with Crippen molar-refractivity contribution in [2.75, 3.05) is 25.0 Å². The van der Waals surface area contributed by atoms with Crippen molar-refractivity contribution in [1.82, 2.24) is 5.32 Å². The van der Waals surface area contributed by atoms with Crippen LogP contribution in [0.3, 0.4) is 0 Å². The zero-order chi connectivity index (χ0) is 21.0. The fraction of sp³-hybridized carbons (Fsp3) is 0.292. The SMILES string of the molecule is C=Cc1cc(N(CC)CC)ccc1N=C1CC(C(=O)NC)C(=O)c2ccccc21. The van der Waals surface area contributed by atoms with Gasteiger partial charge in [0.15, 0.2) is 5.78 Å². The first kappa shape index (κ1) is 20.5. The number of fused-ring (bicyclic) bond motifs is 1. The van der Waals surface area contributed by atoms with Gasteiger partial charge in [-0.3, -0.25) is 14.6 Å². The zero-order valence-electron chi connectivity index (χ0n) is 17.2. The summed E-state index contributed by atoms with van der Waals surface area (Å²) >= 11 is 0. The minimum absolute atomic E-state index is 0.153. The van der Waals surface area contributed by atoms with Gasteiger partial charge in [-0.2, -0.15) is 0 Å². The first-order valence-electron chi connectivity index (χ1n) is 9.98. The maximum absolute atomic E-state index is 12.8. The number of amides is 1. The molecule has 150 valence electrons. The molecule has 3 rings (SSSR count). The summed E-state index contributed by atoms with van der Waals surface area (Å²) in [5.74, 6) is -1.19. The summed E-state index contributed by atoms with van der Waals surface area (Å²) < 4.78 is 0. The first-order chi connectivity index (χ1) is 14.0. The Morgan fingerprint density at radius 2 is 1.90 bits per heavy atom. The topological polar surface area (TPSA) is 61.8 Å². The van der Waals surface area contributed by atoms with E-state index in [4.69, 9.17) is 4.99 Å². The molecular formula is C24H27N3O2. The Kier molecular flexibility index (Phi) is 6.27. The lowest BCUT2D eigenvalue weighted by atomic mass is 9.81. The molecule has 1 N–H and O–H groups in total. The van der Waals surface area contributed by atoms with Gasteiger partial charge in [-0.1, -0.05) is 36.9 Å². The Morgan fingerprint density at radius 3 is 2.52 bits per heavy atom. The normalized spacial score (nSPS) is 17.0. The van der Waals surface area contributed by atoms with Gasteiger partial charge in [0.2, 0.25) is 5.91 Å². The predicted molar refractivity (Wildman–Crippen MR) is 119 cm³/mol. The van der Waals surface area contributed by atoms with Crippen LogP contribution in [0.15, 0.2) is 54.0 Å². The second-order valence-electron chi connectivity index (χ2n) is 6.96. The van der Waals surface area contributed by atoms with Crippen molar-refractivity contribution in [1.29, 1.82) is 0 Å². The average molecular weight is 389 g/mol. The van der Waals surface area contributed by atoms with E-state index in [2.05, 4.69) is 42.8 Å². The number of benzene rings is 2. The molecule has 2 aromatic carbocycles. The highest BCUT2D eigenvalue weighted by Gasteiger charge is 2.35. The van der Waals surface area contributed by atoms with E-state index in [9.17, 15) is 9.59 Å². The summed E-state index contributed by atoms with van der Waals surface area (Å²) in [6, 6.07) is 13.5. The number of ketones is 1. The number of rotatable bonds is 6. The van der Waals surface area contributed by atoms with Crippen molar-refractivity contribution in [3.63, 3.8) is 0 Å². The lowest BCUT2D eigenvalue weighted by Crippen LogP contribution is -2.38. The van der Waals surface area contributed by atoms with Crippen LogP contribution in [0.5, 0.6) is 0 Å². The van der Waals surface area contributed by atoms with Crippen LogP contribution in [0.1, 0.15) is 41.8 Å². The number of hydrogen-bond acceptors (Lipinski definition) is 4. The summed E-state index contributed by atoms with van der Waals surface area (Å²) in [6.45, 7) is 10.0. The van der Waals surface area contributed by atoms with Crippen LogP contribution in [-0.2, 0) is 4.79 Å². The van der Waals surface area contributed by atoms with Gasteiger partial charge < -0.3 is 10.2 Å². The number of anilines is 1. The third-order valence-corrected chi connectivity index (χ3v) is 5.40. The van der Waals surface area contributed by atoms with Gasteiger partial charge in [-0.25, -0.2) is 0 Å². The Morgan fingerprint density at radius 1 is 1.21 bits per heavy atom. The fourth-order valence-electron chi connectivity index (χ4n) is 3.76. The highest BCUT2D eigenvalue weighted by atomic mass is 16.2. The van der Waals surface area contributed by atoms with E-state index in [1.807, 2.05) is 24.3 Å². The van der Waals surface area contributed by atoms with Crippen molar-refractivity contribution in [2.24, 2.45) is 10.9 Å². The maximum Gasteiger partial charge on any atom is 0.231 e. The molecule has 29 heavy (non-hydrogen) atoms. The molecule has 0 radical (unpaired) electrons. The molecule has 0 spiro atoms. The van der Waals surface area contributed by atoms with Gasteiger partial charge >= 0.3 is 0 Å². The second-order valence-corrected chi connectivity index (χ2v) is 6.96. The number of nitrogens with one attached hydrogen (secondary N) is 1. The lowest BCUT2D eigenvalue weighted by Gasteiger charge is -2.24. The van der Waals surface area contributed by atoms with Crippen LogP contribution in [-0.4, -0.2) is 37.5 Å². The highest BCUT2D eigenvalue weighted by molar-refractivity contribution is 6.23. The van der Waals surface area contributed by atoms with Crippen LogP contribution in [0.25, 0.3) is 6.08 Å². The molecule has 0 heterocycles.